The third kappa shape index (κ3) is 4.88. The molecule has 1 heterocycles. The molecule has 1 N–H and O–H groups in total. The molecule has 0 spiro atoms. The van der Waals surface area contributed by atoms with Crippen LogP contribution in [0.15, 0.2) is 6.07 Å². The minimum atomic E-state index is -0.281. The first-order valence-electron chi connectivity index (χ1n) is 5.26. The zero-order chi connectivity index (χ0) is 13.1. The Kier molecular flexibility index (Phi) is 4.71. The lowest BCUT2D eigenvalue weighted by Gasteiger charge is -2.18. The number of hydrogen-bond donors (Lipinski definition) is 1. The molecule has 0 fully saturated rings. The first-order valence-corrected chi connectivity index (χ1v) is 6.02. The first kappa shape index (κ1) is 14.2. The quantitative estimate of drug-likeness (QED) is 0.923. The number of carbonyl (C=O) groups excluding carboxylic acids is 1. The Hall–Kier alpha value is -0.870. The summed E-state index contributed by atoms with van der Waals surface area (Å²) in [6.45, 7) is 6.91. The second-order valence-corrected chi connectivity index (χ2v) is 5.68. The van der Waals surface area contributed by atoms with Crippen LogP contribution in [0.1, 0.15) is 37.6 Å². The van der Waals surface area contributed by atoms with E-state index in [4.69, 9.17) is 23.2 Å². The zero-order valence-electron chi connectivity index (χ0n) is 10.1. The summed E-state index contributed by atoms with van der Waals surface area (Å²) >= 11 is 11.4. The lowest BCUT2D eigenvalue weighted by molar-refractivity contribution is 0.0949. The van der Waals surface area contributed by atoms with Crippen molar-refractivity contribution in [1.82, 2.24) is 15.5 Å². The van der Waals surface area contributed by atoms with Crippen LogP contribution in [0.2, 0.25) is 10.3 Å². The topological polar surface area (TPSA) is 54.9 Å². The van der Waals surface area contributed by atoms with E-state index in [9.17, 15) is 4.79 Å². The molecule has 0 aromatic carbocycles. The van der Waals surface area contributed by atoms with Gasteiger partial charge in [0.2, 0.25) is 0 Å². The first-order chi connectivity index (χ1) is 7.79. The maximum atomic E-state index is 11.8. The molecule has 1 amide bonds. The molecular weight excluding hydrogens is 261 g/mol. The fourth-order valence-corrected chi connectivity index (χ4v) is 1.48. The van der Waals surface area contributed by atoms with Gasteiger partial charge in [0.15, 0.2) is 10.3 Å². The SMILES string of the molecule is CC(C)(C)CCNC(=O)c1cc(Cl)nnc1Cl. The van der Waals surface area contributed by atoms with E-state index in [0.29, 0.717) is 6.54 Å². The van der Waals surface area contributed by atoms with E-state index >= 15 is 0 Å². The number of nitrogens with one attached hydrogen (secondary N) is 1. The molecule has 0 bridgehead atoms. The molecule has 6 heteroatoms. The van der Waals surface area contributed by atoms with Gasteiger partial charge < -0.3 is 5.32 Å². The van der Waals surface area contributed by atoms with Crippen LogP contribution in [0.25, 0.3) is 0 Å². The number of halogens is 2. The van der Waals surface area contributed by atoms with Gasteiger partial charge in [-0.25, -0.2) is 0 Å². The van der Waals surface area contributed by atoms with E-state index < -0.39 is 0 Å². The average Bonchev–Trinajstić information content (AvgIpc) is 2.19. The highest BCUT2D eigenvalue weighted by atomic mass is 35.5. The molecule has 0 aliphatic rings. The van der Waals surface area contributed by atoms with Crippen molar-refractivity contribution in [3.05, 3.63) is 21.9 Å². The summed E-state index contributed by atoms with van der Waals surface area (Å²) in [6.07, 6.45) is 0.878. The highest BCUT2D eigenvalue weighted by Crippen LogP contribution is 2.18. The van der Waals surface area contributed by atoms with Gasteiger partial charge in [-0.1, -0.05) is 44.0 Å². The molecule has 0 saturated carbocycles. The van der Waals surface area contributed by atoms with Crippen LogP contribution >= 0.6 is 23.2 Å². The molecule has 0 saturated heterocycles. The van der Waals surface area contributed by atoms with Gasteiger partial charge >= 0.3 is 0 Å². The van der Waals surface area contributed by atoms with Crippen molar-refractivity contribution in [3.8, 4) is 0 Å². The minimum Gasteiger partial charge on any atom is -0.352 e. The molecular formula is C11H15Cl2N3O. The Morgan fingerprint density at radius 1 is 1.35 bits per heavy atom. The zero-order valence-corrected chi connectivity index (χ0v) is 11.6. The second-order valence-electron chi connectivity index (χ2n) is 4.94. The molecule has 1 aromatic rings. The van der Waals surface area contributed by atoms with E-state index in [0.717, 1.165) is 6.42 Å². The minimum absolute atomic E-state index is 0.0580. The maximum Gasteiger partial charge on any atom is 0.254 e. The summed E-state index contributed by atoms with van der Waals surface area (Å²) in [5.74, 6) is -0.281. The molecule has 1 rings (SSSR count). The predicted octanol–water partition coefficient (Wildman–Crippen LogP) is 2.95. The summed E-state index contributed by atoms with van der Waals surface area (Å²) in [7, 11) is 0. The molecule has 0 unspecified atom stereocenters. The largest absolute Gasteiger partial charge is 0.352 e. The Bertz CT molecular complexity index is 416. The Morgan fingerprint density at radius 2 is 2.00 bits per heavy atom. The highest BCUT2D eigenvalue weighted by molar-refractivity contribution is 6.34. The van der Waals surface area contributed by atoms with Crippen molar-refractivity contribution in [2.45, 2.75) is 27.2 Å². The summed E-state index contributed by atoms with van der Waals surface area (Å²) in [5.41, 5.74) is 0.422. The van der Waals surface area contributed by atoms with Gasteiger partial charge in [0.05, 0.1) is 5.56 Å². The van der Waals surface area contributed by atoms with E-state index in [1.54, 1.807) is 0 Å². The molecule has 17 heavy (non-hydrogen) atoms. The normalized spacial score (nSPS) is 11.4. The highest BCUT2D eigenvalue weighted by Gasteiger charge is 2.14. The fourth-order valence-electron chi connectivity index (χ4n) is 1.16. The third-order valence-electron chi connectivity index (χ3n) is 2.12. The molecule has 0 aliphatic carbocycles. The van der Waals surface area contributed by atoms with Crippen molar-refractivity contribution in [2.24, 2.45) is 5.41 Å². The van der Waals surface area contributed by atoms with Crippen molar-refractivity contribution >= 4 is 29.1 Å². The van der Waals surface area contributed by atoms with Crippen LogP contribution in [-0.4, -0.2) is 22.6 Å². The predicted molar refractivity (Wildman–Crippen MR) is 68.5 cm³/mol. The standard InChI is InChI=1S/C11H15Cl2N3O/c1-11(2,3)4-5-14-10(17)7-6-8(12)15-16-9(7)13/h6H,4-5H2,1-3H3,(H,14,17). The van der Waals surface area contributed by atoms with Crippen molar-refractivity contribution in [3.63, 3.8) is 0 Å². The monoisotopic (exact) mass is 275 g/mol. The average molecular weight is 276 g/mol. The smallest absolute Gasteiger partial charge is 0.254 e. The van der Waals surface area contributed by atoms with Crippen LogP contribution < -0.4 is 5.32 Å². The van der Waals surface area contributed by atoms with Gasteiger partial charge in [-0.2, -0.15) is 0 Å². The fraction of sp³-hybridized carbons (Fsp3) is 0.545. The Morgan fingerprint density at radius 3 is 2.59 bits per heavy atom. The van der Waals surface area contributed by atoms with Crippen molar-refractivity contribution in [2.75, 3.05) is 6.54 Å². The number of aromatic nitrogens is 2. The number of hydrogen-bond acceptors (Lipinski definition) is 3. The molecule has 94 valence electrons. The van der Waals surface area contributed by atoms with E-state index in [2.05, 4.69) is 36.3 Å². The van der Waals surface area contributed by atoms with E-state index in [1.807, 2.05) is 0 Å². The lowest BCUT2D eigenvalue weighted by Crippen LogP contribution is -2.27. The van der Waals surface area contributed by atoms with Gasteiger partial charge in [-0.15, -0.1) is 10.2 Å². The molecule has 4 nitrogen and oxygen atoms in total. The molecule has 0 aliphatic heterocycles. The van der Waals surface area contributed by atoms with Crippen molar-refractivity contribution < 1.29 is 4.79 Å². The van der Waals surface area contributed by atoms with Crippen molar-refractivity contribution in [1.29, 1.82) is 0 Å². The summed E-state index contributed by atoms with van der Waals surface area (Å²) in [4.78, 5) is 11.8. The van der Waals surface area contributed by atoms with Gasteiger partial charge in [0, 0.05) is 6.54 Å². The summed E-state index contributed by atoms with van der Waals surface area (Å²) < 4.78 is 0. The Labute approximate surface area is 111 Å². The summed E-state index contributed by atoms with van der Waals surface area (Å²) in [6, 6.07) is 1.41. The van der Waals surface area contributed by atoms with E-state index in [-0.39, 0.29) is 27.2 Å². The number of amides is 1. The van der Waals surface area contributed by atoms with Crippen LogP contribution in [0, 0.1) is 5.41 Å². The van der Waals surface area contributed by atoms with Crippen LogP contribution in [-0.2, 0) is 0 Å². The summed E-state index contributed by atoms with van der Waals surface area (Å²) in [5, 5.41) is 10.1. The maximum absolute atomic E-state index is 11.8. The number of carbonyl (C=O) groups is 1. The van der Waals surface area contributed by atoms with Gasteiger partial charge in [0.1, 0.15) is 0 Å². The van der Waals surface area contributed by atoms with Gasteiger partial charge in [-0.05, 0) is 17.9 Å². The third-order valence-corrected chi connectivity index (χ3v) is 2.59. The van der Waals surface area contributed by atoms with Gasteiger partial charge in [0.25, 0.3) is 5.91 Å². The number of nitrogens with zero attached hydrogens (tertiary/aromatic N) is 2. The Balaban J connectivity index is 2.61. The van der Waals surface area contributed by atoms with Gasteiger partial charge in [-0.3, -0.25) is 4.79 Å². The van der Waals surface area contributed by atoms with Crippen LogP contribution in [0.3, 0.4) is 0 Å². The second kappa shape index (κ2) is 5.65. The van der Waals surface area contributed by atoms with Crippen LogP contribution in [0.5, 0.6) is 0 Å². The molecule has 1 aromatic heterocycles. The number of rotatable bonds is 3. The molecule has 0 radical (unpaired) electrons. The molecule has 0 atom stereocenters. The van der Waals surface area contributed by atoms with E-state index in [1.165, 1.54) is 6.07 Å². The lowest BCUT2D eigenvalue weighted by atomic mass is 9.92. The van der Waals surface area contributed by atoms with Crippen LogP contribution in [0.4, 0.5) is 0 Å².